The first kappa shape index (κ1) is 12.0. The Morgan fingerprint density at radius 1 is 1.17 bits per heavy atom. The molecule has 73 valence electrons. The summed E-state index contributed by atoms with van der Waals surface area (Å²) in [6, 6.07) is 0. The quantitative estimate of drug-likeness (QED) is 0.556. The lowest BCUT2D eigenvalue weighted by Gasteiger charge is -2.26. The van der Waals surface area contributed by atoms with Crippen LogP contribution in [0.4, 0.5) is 0 Å². The molecule has 3 unspecified atom stereocenters. The lowest BCUT2D eigenvalue weighted by atomic mass is 9.80. The van der Waals surface area contributed by atoms with Crippen molar-refractivity contribution < 1.29 is 0 Å². The summed E-state index contributed by atoms with van der Waals surface area (Å²) in [5, 5.41) is 0. The highest BCUT2D eigenvalue weighted by Crippen LogP contribution is 2.27. The highest BCUT2D eigenvalue weighted by molar-refractivity contribution is 4.72. The van der Waals surface area contributed by atoms with Gasteiger partial charge in [0.1, 0.15) is 0 Å². The fraction of sp³-hybridized carbons (Fsp3) is 0.917. The molecule has 0 aliphatic heterocycles. The van der Waals surface area contributed by atoms with Crippen LogP contribution < -0.4 is 0 Å². The summed E-state index contributed by atoms with van der Waals surface area (Å²) in [6.45, 7) is 13.3. The number of hydrogen-bond acceptors (Lipinski definition) is 0. The maximum absolute atomic E-state index is 4.14. The van der Waals surface area contributed by atoms with Crippen LogP contribution in [-0.4, -0.2) is 0 Å². The fourth-order valence-electron chi connectivity index (χ4n) is 2.11. The Labute approximate surface area is 78.8 Å². The Morgan fingerprint density at radius 3 is 2.08 bits per heavy atom. The lowest BCUT2D eigenvalue weighted by molar-refractivity contribution is 0.263. The minimum atomic E-state index is 0.613. The van der Waals surface area contributed by atoms with Gasteiger partial charge < -0.3 is 0 Å². The lowest BCUT2D eigenvalue weighted by Crippen LogP contribution is -2.17. The molecule has 12 heavy (non-hydrogen) atoms. The molecular formula is C12H25. The van der Waals surface area contributed by atoms with Gasteiger partial charge in [0.15, 0.2) is 0 Å². The van der Waals surface area contributed by atoms with Crippen LogP contribution in [-0.2, 0) is 0 Å². The van der Waals surface area contributed by atoms with Crippen LogP contribution in [0.3, 0.4) is 0 Å². The van der Waals surface area contributed by atoms with Gasteiger partial charge in [0.2, 0.25) is 0 Å². The molecule has 3 atom stereocenters. The minimum Gasteiger partial charge on any atom is -0.0654 e. The monoisotopic (exact) mass is 169 g/mol. The van der Waals surface area contributed by atoms with Crippen molar-refractivity contribution in [3.8, 4) is 0 Å². The van der Waals surface area contributed by atoms with Crippen molar-refractivity contribution in [2.24, 2.45) is 17.8 Å². The molecule has 1 radical (unpaired) electrons. The molecule has 0 rings (SSSR count). The van der Waals surface area contributed by atoms with Crippen molar-refractivity contribution in [1.29, 1.82) is 0 Å². The van der Waals surface area contributed by atoms with Gasteiger partial charge in [0.05, 0.1) is 0 Å². The van der Waals surface area contributed by atoms with Gasteiger partial charge in [-0.2, -0.15) is 0 Å². The zero-order valence-corrected chi connectivity index (χ0v) is 9.27. The van der Waals surface area contributed by atoms with Crippen molar-refractivity contribution in [2.45, 2.75) is 53.4 Å². The molecule has 0 fully saturated rings. The summed E-state index contributed by atoms with van der Waals surface area (Å²) < 4.78 is 0. The normalized spacial score (nSPS) is 16.5. The third kappa shape index (κ3) is 4.13. The summed E-state index contributed by atoms with van der Waals surface area (Å²) in [5.41, 5.74) is 0. The average molecular weight is 169 g/mol. The number of unbranched alkanes of at least 4 members (excludes halogenated alkanes) is 1. The molecule has 0 N–H and O–H groups in total. The second-order valence-electron chi connectivity index (χ2n) is 4.17. The van der Waals surface area contributed by atoms with Crippen molar-refractivity contribution in [3.05, 3.63) is 6.92 Å². The van der Waals surface area contributed by atoms with Crippen LogP contribution in [0.5, 0.6) is 0 Å². The van der Waals surface area contributed by atoms with Crippen molar-refractivity contribution >= 4 is 0 Å². The largest absolute Gasteiger partial charge is 0.0654 e. The van der Waals surface area contributed by atoms with Crippen molar-refractivity contribution in [1.82, 2.24) is 0 Å². The van der Waals surface area contributed by atoms with Gasteiger partial charge in [-0.15, -0.1) is 0 Å². The van der Waals surface area contributed by atoms with E-state index in [0.717, 1.165) is 11.8 Å². The molecular weight excluding hydrogens is 144 g/mol. The highest BCUT2D eigenvalue weighted by Gasteiger charge is 2.17. The molecule has 0 amide bonds. The zero-order chi connectivity index (χ0) is 9.56. The molecule has 0 aromatic carbocycles. The van der Waals surface area contributed by atoms with Gasteiger partial charge in [0, 0.05) is 0 Å². The SMILES string of the molecule is [CH2]C(C)C(CC)C(C)CCCC. The maximum atomic E-state index is 4.14. The van der Waals surface area contributed by atoms with Crippen LogP contribution in [0.2, 0.25) is 0 Å². The van der Waals surface area contributed by atoms with E-state index < -0.39 is 0 Å². The Kier molecular flexibility index (Phi) is 6.51. The zero-order valence-electron chi connectivity index (χ0n) is 9.27. The second kappa shape index (κ2) is 6.51. The Hall–Kier alpha value is 0. The first-order chi connectivity index (χ1) is 5.63. The standard InChI is InChI=1S/C12H25/c1-6-8-9-11(5)12(7-2)10(3)4/h10-12H,3,6-9H2,1-2,4-5H3. The van der Waals surface area contributed by atoms with Crippen LogP contribution >= 0.6 is 0 Å². The molecule has 0 saturated heterocycles. The van der Waals surface area contributed by atoms with Gasteiger partial charge in [-0.3, -0.25) is 0 Å². The molecule has 0 aromatic heterocycles. The van der Waals surface area contributed by atoms with Gasteiger partial charge in [-0.25, -0.2) is 0 Å². The average Bonchev–Trinajstić information content (AvgIpc) is 2.01. The van der Waals surface area contributed by atoms with Crippen LogP contribution in [0.15, 0.2) is 0 Å². The Morgan fingerprint density at radius 2 is 1.75 bits per heavy atom. The van der Waals surface area contributed by atoms with E-state index in [0.29, 0.717) is 5.92 Å². The van der Waals surface area contributed by atoms with E-state index >= 15 is 0 Å². The van der Waals surface area contributed by atoms with Crippen LogP contribution in [0.1, 0.15) is 53.4 Å². The summed E-state index contributed by atoms with van der Waals surface area (Å²) in [6.07, 6.45) is 5.38. The van der Waals surface area contributed by atoms with Crippen molar-refractivity contribution in [2.75, 3.05) is 0 Å². The minimum absolute atomic E-state index is 0.613. The van der Waals surface area contributed by atoms with Crippen LogP contribution in [0, 0.1) is 24.7 Å². The van der Waals surface area contributed by atoms with E-state index in [9.17, 15) is 0 Å². The van der Waals surface area contributed by atoms with Crippen LogP contribution in [0.25, 0.3) is 0 Å². The summed E-state index contributed by atoms with van der Waals surface area (Å²) in [5.74, 6) is 2.31. The molecule has 0 aliphatic carbocycles. The molecule has 0 saturated carbocycles. The van der Waals surface area contributed by atoms with E-state index in [2.05, 4.69) is 34.6 Å². The van der Waals surface area contributed by atoms with Gasteiger partial charge in [-0.1, -0.05) is 60.3 Å². The maximum Gasteiger partial charge on any atom is -0.0365 e. The topological polar surface area (TPSA) is 0 Å². The predicted molar refractivity (Wildman–Crippen MR) is 57.0 cm³/mol. The molecule has 0 nitrogen and oxygen atoms in total. The first-order valence-electron chi connectivity index (χ1n) is 5.46. The third-order valence-electron chi connectivity index (χ3n) is 2.95. The number of rotatable bonds is 6. The summed E-state index contributed by atoms with van der Waals surface area (Å²) >= 11 is 0. The summed E-state index contributed by atoms with van der Waals surface area (Å²) in [4.78, 5) is 0. The molecule has 0 heteroatoms. The Bertz CT molecular complexity index is 94.2. The van der Waals surface area contributed by atoms with Gasteiger partial charge in [0.25, 0.3) is 0 Å². The number of hydrogen-bond donors (Lipinski definition) is 0. The molecule has 0 aromatic rings. The summed E-state index contributed by atoms with van der Waals surface area (Å²) in [7, 11) is 0. The molecule has 0 spiro atoms. The molecule has 0 aliphatic rings. The third-order valence-corrected chi connectivity index (χ3v) is 2.95. The first-order valence-corrected chi connectivity index (χ1v) is 5.46. The Balaban J connectivity index is 3.77. The van der Waals surface area contributed by atoms with Crippen molar-refractivity contribution in [3.63, 3.8) is 0 Å². The molecule has 0 bridgehead atoms. The van der Waals surface area contributed by atoms with Gasteiger partial charge >= 0.3 is 0 Å². The smallest absolute Gasteiger partial charge is 0.0365 e. The fourth-order valence-corrected chi connectivity index (χ4v) is 2.11. The van der Waals surface area contributed by atoms with E-state index in [1.165, 1.54) is 25.7 Å². The predicted octanol–water partition coefficient (Wildman–Crippen LogP) is 4.31. The second-order valence-corrected chi connectivity index (χ2v) is 4.17. The van der Waals surface area contributed by atoms with E-state index in [1.54, 1.807) is 0 Å². The van der Waals surface area contributed by atoms with Gasteiger partial charge in [-0.05, 0) is 17.8 Å². The van der Waals surface area contributed by atoms with E-state index in [4.69, 9.17) is 0 Å². The van der Waals surface area contributed by atoms with E-state index in [1.807, 2.05) is 0 Å². The highest BCUT2D eigenvalue weighted by atomic mass is 14.2. The van der Waals surface area contributed by atoms with E-state index in [-0.39, 0.29) is 0 Å². The molecule has 0 heterocycles.